The van der Waals surface area contributed by atoms with Crippen molar-refractivity contribution in [3.8, 4) is 0 Å². The number of carbonyl (C=O) groups excluding carboxylic acids is 3. The monoisotopic (exact) mass is 503 g/mol. The van der Waals surface area contributed by atoms with E-state index in [1.54, 1.807) is 4.90 Å². The number of ketones is 2. The molecule has 2 N–H and O–H groups in total. The normalized spacial score (nSPS) is 29.4. The number of carbonyl (C=O) groups is 3. The fraction of sp³-hybridized carbons (Fsp3) is 0.435. The molecular weight excluding hydrogens is 478 g/mol. The number of hydrogen-bond acceptors (Lipinski definition) is 10. The first-order valence-electron chi connectivity index (χ1n) is 11.0. The second-order valence-electron chi connectivity index (χ2n) is 9.03. The maximum atomic E-state index is 13.2. The lowest BCUT2D eigenvalue weighted by molar-refractivity contribution is -0.142. The summed E-state index contributed by atoms with van der Waals surface area (Å²) in [6.07, 6.45) is 0.321. The summed E-state index contributed by atoms with van der Waals surface area (Å²) in [5.74, 6) is -1.98. The van der Waals surface area contributed by atoms with E-state index in [-0.39, 0.29) is 41.7 Å². The van der Waals surface area contributed by atoms with E-state index in [4.69, 9.17) is 19.4 Å². The van der Waals surface area contributed by atoms with Crippen molar-refractivity contribution < 1.29 is 36.5 Å². The van der Waals surface area contributed by atoms with Crippen molar-refractivity contribution in [2.75, 3.05) is 26.5 Å². The molecule has 1 amide bonds. The minimum absolute atomic E-state index is 0.0477. The van der Waals surface area contributed by atoms with Crippen LogP contribution in [0.3, 0.4) is 0 Å². The fourth-order valence-electron chi connectivity index (χ4n) is 5.55. The van der Waals surface area contributed by atoms with Crippen LogP contribution in [0.15, 0.2) is 52.9 Å². The summed E-state index contributed by atoms with van der Waals surface area (Å²) in [4.78, 5) is 42.5. The van der Waals surface area contributed by atoms with Crippen molar-refractivity contribution in [1.29, 1.82) is 0 Å². The maximum Gasteiger partial charge on any atom is 0.410 e. The van der Waals surface area contributed by atoms with Crippen LogP contribution in [-0.4, -0.2) is 80.2 Å². The van der Waals surface area contributed by atoms with Crippen molar-refractivity contribution in [3.05, 3.63) is 58.4 Å². The third-order valence-electron chi connectivity index (χ3n) is 7.16. The smallest absolute Gasteiger partial charge is 0.410 e. The van der Waals surface area contributed by atoms with E-state index in [2.05, 4.69) is 0 Å². The molecule has 1 aliphatic carbocycles. The molecule has 12 heteroatoms. The van der Waals surface area contributed by atoms with Crippen LogP contribution >= 0.6 is 0 Å². The number of fused-ring (bicyclic) bond motifs is 4. The molecule has 186 valence electrons. The summed E-state index contributed by atoms with van der Waals surface area (Å²) >= 11 is 0. The highest BCUT2D eigenvalue weighted by molar-refractivity contribution is 7.85. The molecule has 3 heterocycles. The molecule has 3 aliphatic heterocycles. The first kappa shape index (κ1) is 23.5. The van der Waals surface area contributed by atoms with Crippen LogP contribution in [0.4, 0.5) is 4.79 Å². The number of benzene rings is 1. The van der Waals surface area contributed by atoms with E-state index in [9.17, 15) is 22.8 Å². The van der Waals surface area contributed by atoms with Crippen molar-refractivity contribution in [1.82, 2.24) is 9.80 Å². The van der Waals surface area contributed by atoms with Crippen LogP contribution in [0, 0.1) is 5.92 Å². The van der Waals surface area contributed by atoms with Gasteiger partial charge in [0.15, 0.2) is 5.72 Å². The van der Waals surface area contributed by atoms with Crippen LogP contribution in [0.1, 0.15) is 12.5 Å². The molecule has 4 atom stereocenters. The predicted molar refractivity (Wildman–Crippen MR) is 121 cm³/mol. The molecule has 2 saturated heterocycles. The lowest BCUT2D eigenvalue weighted by Gasteiger charge is -2.40. The number of amides is 1. The highest BCUT2D eigenvalue weighted by atomic mass is 32.2. The van der Waals surface area contributed by atoms with Gasteiger partial charge >= 0.3 is 6.09 Å². The highest BCUT2D eigenvalue weighted by Gasteiger charge is 2.78. The van der Waals surface area contributed by atoms with Gasteiger partial charge in [-0.25, -0.2) is 4.79 Å². The number of nitrogens with two attached hydrogens (primary N) is 1. The minimum atomic E-state index is -3.88. The van der Waals surface area contributed by atoms with Gasteiger partial charge in [0.1, 0.15) is 12.6 Å². The Morgan fingerprint density at radius 1 is 1.20 bits per heavy atom. The standard InChI is InChI=1S/C23H25N3O8S/c1-12-17(24)20(28)16-14(11-34-35(3,30)31)23(32-2)21-15(9-25(23)18(16)19(12)27)26(21)22(29)33-10-13-7-5-4-6-8-13/h4-8,14-15,21H,9-11,24H2,1-3H3/t14-,15+,21+,23-,26?/m1/s1. The molecule has 1 aromatic carbocycles. The molecule has 1 aromatic rings. The molecule has 0 saturated carbocycles. The average molecular weight is 504 g/mol. The van der Waals surface area contributed by atoms with E-state index in [0.717, 1.165) is 11.8 Å². The lowest BCUT2D eigenvalue weighted by atomic mass is 9.82. The average Bonchev–Trinajstić information content (AvgIpc) is 3.33. The Morgan fingerprint density at radius 3 is 2.51 bits per heavy atom. The Labute approximate surface area is 202 Å². The van der Waals surface area contributed by atoms with Crippen LogP contribution in [0.2, 0.25) is 0 Å². The van der Waals surface area contributed by atoms with Gasteiger partial charge in [-0.3, -0.25) is 18.7 Å². The van der Waals surface area contributed by atoms with Gasteiger partial charge < -0.3 is 20.1 Å². The van der Waals surface area contributed by atoms with Gasteiger partial charge in [-0.15, -0.1) is 0 Å². The maximum absolute atomic E-state index is 13.2. The first-order valence-corrected chi connectivity index (χ1v) is 12.8. The molecule has 4 aliphatic rings. The third-order valence-corrected chi connectivity index (χ3v) is 7.72. The Kier molecular flexibility index (Phi) is 5.31. The molecule has 0 bridgehead atoms. The van der Waals surface area contributed by atoms with E-state index in [1.165, 1.54) is 18.9 Å². The summed E-state index contributed by atoms with van der Waals surface area (Å²) in [5.41, 5.74) is 5.45. The number of piperazine rings is 1. The molecule has 0 unspecified atom stereocenters. The number of methoxy groups -OCH3 is 1. The van der Waals surface area contributed by atoms with Gasteiger partial charge in [0.05, 0.1) is 36.2 Å². The second kappa shape index (κ2) is 7.90. The van der Waals surface area contributed by atoms with Crippen LogP contribution < -0.4 is 5.73 Å². The molecule has 0 aromatic heterocycles. The van der Waals surface area contributed by atoms with Crippen LogP contribution in [0.5, 0.6) is 0 Å². The van der Waals surface area contributed by atoms with Crippen LogP contribution in [-0.2, 0) is 40.0 Å². The van der Waals surface area contributed by atoms with E-state index in [0.29, 0.717) is 0 Å². The van der Waals surface area contributed by atoms with E-state index in [1.807, 2.05) is 30.3 Å². The third kappa shape index (κ3) is 3.39. The Balaban J connectivity index is 1.47. The minimum Gasteiger partial charge on any atom is -0.445 e. The molecule has 35 heavy (non-hydrogen) atoms. The molecule has 0 spiro atoms. The van der Waals surface area contributed by atoms with Gasteiger partial charge in [0.2, 0.25) is 11.6 Å². The molecule has 0 radical (unpaired) electrons. The van der Waals surface area contributed by atoms with Gasteiger partial charge in [0.25, 0.3) is 10.1 Å². The largest absolute Gasteiger partial charge is 0.445 e. The van der Waals surface area contributed by atoms with Crippen molar-refractivity contribution in [2.45, 2.75) is 31.3 Å². The summed E-state index contributed by atoms with van der Waals surface area (Å²) in [7, 11) is -2.49. The lowest BCUT2D eigenvalue weighted by Crippen LogP contribution is -2.56. The zero-order chi connectivity index (χ0) is 25.3. The van der Waals surface area contributed by atoms with Gasteiger partial charge in [-0.1, -0.05) is 30.3 Å². The number of nitrogens with zero attached hydrogens (tertiary/aromatic N) is 2. The predicted octanol–water partition coefficient (Wildman–Crippen LogP) is 0.279. The van der Waals surface area contributed by atoms with Gasteiger partial charge in [0, 0.05) is 24.8 Å². The summed E-state index contributed by atoms with van der Waals surface area (Å²) < 4.78 is 40.2. The molecule has 11 nitrogen and oxygen atoms in total. The van der Waals surface area contributed by atoms with E-state index >= 15 is 0 Å². The van der Waals surface area contributed by atoms with Gasteiger partial charge in [-0.2, -0.15) is 8.42 Å². The van der Waals surface area contributed by atoms with Crippen molar-refractivity contribution in [3.63, 3.8) is 0 Å². The number of hydrogen-bond donors (Lipinski definition) is 1. The molecular formula is C23H25N3O8S. The number of allylic oxidation sites excluding steroid dienone is 2. The quantitative estimate of drug-likeness (QED) is 0.326. The molecule has 2 fully saturated rings. The summed E-state index contributed by atoms with van der Waals surface area (Å²) in [6.45, 7) is 1.30. The van der Waals surface area contributed by atoms with Crippen molar-refractivity contribution in [2.24, 2.45) is 11.7 Å². The highest BCUT2D eigenvalue weighted by Crippen LogP contribution is 2.59. The van der Waals surface area contributed by atoms with Crippen LogP contribution in [0.25, 0.3) is 0 Å². The van der Waals surface area contributed by atoms with E-state index < -0.39 is 52.1 Å². The fourth-order valence-corrected chi connectivity index (χ4v) is 5.93. The zero-order valence-electron chi connectivity index (χ0n) is 19.4. The number of ether oxygens (including phenoxy) is 2. The Bertz CT molecular complexity index is 1310. The Morgan fingerprint density at radius 2 is 1.89 bits per heavy atom. The Hall–Kier alpha value is -3.22. The topological polar surface area (TPSA) is 145 Å². The SMILES string of the molecule is CO[C@@]12[C@H](COS(C)(=O)=O)C3=C(C(=O)C(C)=C(N)C3=O)N1C[C@H]1[C@@H]2N1C(=O)OCc1ccccc1. The summed E-state index contributed by atoms with van der Waals surface area (Å²) in [5, 5.41) is 0. The van der Waals surface area contributed by atoms with Crippen molar-refractivity contribution >= 4 is 27.8 Å². The summed E-state index contributed by atoms with van der Waals surface area (Å²) in [6, 6.07) is 8.26. The number of Topliss-reactive ketones (excluding diaryl/α,β-unsaturated/α-hetero) is 2. The molecule has 5 rings (SSSR count). The van der Waals surface area contributed by atoms with Gasteiger partial charge in [-0.05, 0) is 12.5 Å². The zero-order valence-corrected chi connectivity index (χ0v) is 20.2. The number of rotatable bonds is 6. The first-order chi connectivity index (χ1) is 16.5. The second-order valence-corrected chi connectivity index (χ2v) is 10.7.